The lowest BCUT2D eigenvalue weighted by molar-refractivity contribution is 1.17. The second kappa shape index (κ2) is 2.57. The zero-order valence-electron chi connectivity index (χ0n) is 6.21. The van der Waals surface area contributed by atoms with Gasteiger partial charge in [-0.2, -0.15) is 5.26 Å². The van der Waals surface area contributed by atoms with Gasteiger partial charge in [0.05, 0.1) is 5.69 Å². The standard InChI is InChI=1S/C7H4BrN3S/c1-4-3-11-5(2-9)6(8)12-7(11)10-4/h3H,1H3. The third-order valence-electron chi connectivity index (χ3n) is 1.51. The molecule has 5 heteroatoms. The van der Waals surface area contributed by atoms with Crippen LogP contribution in [0.5, 0.6) is 0 Å². The van der Waals surface area contributed by atoms with Crippen LogP contribution >= 0.6 is 27.3 Å². The predicted molar refractivity (Wildman–Crippen MR) is 50.2 cm³/mol. The van der Waals surface area contributed by atoms with E-state index < -0.39 is 0 Å². The first kappa shape index (κ1) is 7.77. The molecule has 0 aliphatic rings. The summed E-state index contributed by atoms with van der Waals surface area (Å²) < 4.78 is 2.64. The van der Waals surface area contributed by atoms with E-state index in [-0.39, 0.29) is 0 Å². The highest BCUT2D eigenvalue weighted by Gasteiger charge is 2.10. The summed E-state index contributed by atoms with van der Waals surface area (Å²) in [6.45, 7) is 1.91. The Morgan fingerprint density at radius 1 is 1.75 bits per heavy atom. The molecule has 0 amide bonds. The molecule has 2 rings (SSSR count). The smallest absolute Gasteiger partial charge is 0.196 e. The van der Waals surface area contributed by atoms with Crippen molar-refractivity contribution < 1.29 is 0 Å². The maximum atomic E-state index is 8.79. The number of hydrogen-bond donors (Lipinski definition) is 0. The van der Waals surface area contributed by atoms with Crippen LogP contribution in [0.1, 0.15) is 11.4 Å². The van der Waals surface area contributed by atoms with E-state index in [1.807, 2.05) is 13.1 Å². The number of aromatic nitrogens is 2. The molecule has 0 aliphatic carbocycles. The van der Waals surface area contributed by atoms with Gasteiger partial charge < -0.3 is 0 Å². The summed E-state index contributed by atoms with van der Waals surface area (Å²) in [5, 5.41) is 8.79. The molecule has 0 radical (unpaired) electrons. The Bertz CT molecular complexity index is 476. The highest BCUT2D eigenvalue weighted by Crippen LogP contribution is 2.27. The Kier molecular flexibility index (Phi) is 1.67. The normalized spacial score (nSPS) is 10.4. The van der Waals surface area contributed by atoms with Crippen LogP contribution in [0.3, 0.4) is 0 Å². The maximum absolute atomic E-state index is 8.79. The quantitative estimate of drug-likeness (QED) is 0.711. The molecule has 60 valence electrons. The molecule has 2 aromatic rings. The molecule has 2 aromatic heterocycles. The van der Waals surface area contributed by atoms with Gasteiger partial charge in [0.15, 0.2) is 10.7 Å². The molecule has 12 heavy (non-hydrogen) atoms. The van der Waals surface area contributed by atoms with Crippen molar-refractivity contribution in [3.05, 3.63) is 21.4 Å². The lowest BCUT2D eigenvalue weighted by Gasteiger charge is -1.83. The topological polar surface area (TPSA) is 41.1 Å². The molecule has 0 spiro atoms. The minimum Gasteiger partial charge on any atom is -0.280 e. The van der Waals surface area contributed by atoms with E-state index in [1.165, 1.54) is 11.3 Å². The Balaban J connectivity index is 2.89. The van der Waals surface area contributed by atoms with Crippen molar-refractivity contribution in [1.29, 1.82) is 5.26 Å². The SMILES string of the molecule is Cc1cn2c(C#N)c(Br)sc2n1. The fraction of sp³-hybridized carbons (Fsp3) is 0.143. The zero-order valence-corrected chi connectivity index (χ0v) is 8.61. The molecule has 0 bridgehead atoms. The molecular weight excluding hydrogens is 238 g/mol. The number of nitriles is 1. The second-order valence-corrected chi connectivity index (χ2v) is 4.67. The number of aryl methyl sites for hydroxylation is 1. The summed E-state index contributed by atoms with van der Waals surface area (Å²) in [6.07, 6.45) is 1.86. The van der Waals surface area contributed by atoms with Gasteiger partial charge in [-0.1, -0.05) is 11.3 Å². The summed E-state index contributed by atoms with van der Waals surface area (Å²) in [7, 11) is 0. The number of rotatable bonds is 0. The number of halogens is 1. The molecule has 0 aromatic carbocycles. The van der Waals surface area contributed by atoms with Gasteiger partial charge in [-0.05, 0) is 22.9 Å². The molecule has 0 unspecified atom stereocenters. The lowest BCUT2D eigenvalue weighted by Crippen LogP contribution is -1.81. The van der Waals surface area contributed by atoms with E-state index in [9.17, 15) is 0 Å². The van der Waals surface area contributed by atoms with Crippen LogP contribution in [0.4, 0.5) is 0 Å². The van der Waals surface area contributed by atoms with Crippen LogP contribution in [0, 0.1) is 18.3 Å². The number of hydrogen-bond acceptors (Lipinski definition) is 3. The van der Waals surface area contributed by atoms with Crippen molar-refractivity contribution in [2.75, 3.05) is 0 Å². The van der Waals surface area contributed by atoms with Crippen LogP contribution in [0.25, 0.3) is 4.96 Å². The summed E-state index contributed by atoms with van der Waals surface area (Å²) in [4.78, 5) is 5.10. The first-order chi connectivity index (χ1) is 5.72. The van der Waals surface area contributed by atoms with Gasteiger partial charge in [-0.15, -0.1) is 0 Å². The van der Waals surface area contributed by atoms with Crippen LogP contribution in [-0.4, -0.2) is 9.38 Å². The van der Waals surface area contributed by atoms with Crippen LogP contribution in [0.2, 0.25) is 0 Å². The number of fused-ring (bicyclic) bond motifs is 1. The fourth-order valence-corrected chi connectivity index (χ4v) is 2.58. The second-order valence-electron chi connectivity index (χ2n) is 2.37. The molecular formula is C7H4BrN3S. The van der Waals surface area contributed by atoms with Gasteiger partial charge in [-0.3, -0.25) is 4.40 Å². The maximum Gasteiger partial charge on any atom is 0.196 e. The molecule has 0 saturated heterocycles. The van der Waals surface area contributed by atoms with Crippen molar-refractivity contribution >= 4 is 32.2 Å². The minimum atomic E-state index is 0.621. The molecule has 0 fully saturated rings. The lowest BCUT2D eigenvalue weighted by atomic mass is 10.5. The van der Waals surface area contributed by atoms with Gasteiger partial charge in [0.2, 0.25) is 0 Å². The van der Waals surface area contributed by atoms with E-state index in [4.69, 9.17) is 5.26 Å². The summed E-state index contributed by atoms with van der Waals surface area (Å²) in [5.41, 5.74) is 1.56. The third-order valence-corrected chi connectivity index (χ3v) is 3.21. The largest absolute Gasteiger partial charge is 0.280 e. The average molecular weight is 242 g/mol. The zero-order chi connectivity index (χ0) is 8.72. The van der Waals surface area contributed by atoms with Crippen molar-refractivity contribution in [3.8, 4) is 6.07 Å². The van der Waals surface area contributed by atoms with E-state index in [1.54, 1.807) is 4.40 Å². The van der Waals surface area contributed by atoms with Gasteiger partial charge in [0.1, 0.15) is 9.86 Å². The highest BCUT2D eigenvalue weighted by molar-refractivity contribution is 9.11. The molecule has 2 heterocycles. The monoisotopic (exact) mass is 241 g/mol. The van der Waals surface area contributed by atoms with Crippen molar-refractivity contribution in [3.63, 3.8) is 0 Å². The Morgan fingerprint density at radius 3 is 3.17 bits per heavy atom. The van der Waals surface area contributed by atoms with E-state index in [0.717, 1.165) is 14.4 Å². The Morgan fingerprint density at radius 2 is 2.50 bits per heavy atom. The van der Waals surface area contributed by atoms with E-state index in [2.05, 4.69) is 27.0 Å². The van der Waals surface area contributed by atoms with E-state index >= 15 is 0 Å². The van der Waals surface area contributed by atoms with Gasteiger partial charge in [-0.25, -0.2) is 4.98 Å². The average Bonchev–Trinajstić information content (AvgIpc) is 2.43. The molecule has 0 N–H and O–H groups in total. The van der Waals surface area contributed by atoms with E-state index in [0.29, 0.717) is 5.69 Å². The van der Waals surface area contributed by atoms with Crippen LogP contribution in [-0.2, 0) is 0 Å². The number of nitrogens with zero attached hydrogens (tertiary/aromatic N) is 3. The Labute approximate surface area is 81.4 Å². The number of imidazole rings is 1. The summed E-state index contributed by atoms with van der Waals surface area (Å²) in [5.74, 6) is 0. The number of thiazole rings is 1. The van der Waals surface area contributed by atoms with Crippen molar-refractivity contribution in [2.24, 2.45) is 0 Å². The Hall–Kier alpha value is -0.860. The summed E-state index contributed by atoms with van der Waals surface area (Å²) >= 11 is 4.78. The van der Waals surface area contributed by atoms with Gasteiger partial charge in [0.25, 0.3) is 0 Å². The third kappa shape index (κ3) is 0.958. The molecule has 0 aliphatic heterocycles. The first-order valence-electron chi connectivity index (χ1n) is 3.26. The van der Waals surface area contributed by atoms with Crippen molar-refractivity contribution in [1.82, 2.24) is 9.38 Å². The van der Waals surface area contributed by atoms with Crippen LogP contribution in [0.15, 0.2) is 9.98 Å². The highest BCUT2D eigenvalue weighted by atomic mass is 79.9. The predicted octanol–water partition coefficient (Wildman–Crippen LogP) is 2.34. The van der Waals surface area contributed by atoms with Crippen LogP contribution < -0.4 is 0 Å². The van der Waals surface area contributed by atoms with Crippen molar-refractivity contribution in [2.45, 2.75) is 6.92 Å². The first-order valence-corrected chi connectivity index (χ1v) is 4.87. The van der Waals surface area contributed by atoms with Gasteiger partial charge in [0, 0.05) is 6.20 Å². The summed E-state index contributed by atoms with van der Waals surface area (Å²) in [6, 6.07) is 2.12. The molecule has 3 nitrogen and oxygen atoms in total. The molecule has 0 atom stereocenters. The van der Waals surface area contributed by atoms with Gasteiger partial charge >= 0.3 is 0 Å². The fourth-order valence-electron chi connectivity index (χ4n) is 1.03. The molecule has 0 saturated carbocycles. The minimum absolute atomic E-state index is 0.621.